The third-order valence-corrected chi connectivity index (χ3v) is 3.23. The number of allylic oxidation sites excluding steroid dienone is 1. The second-order valence-corrected chi connectivity index (χ2v) is 6.14. The summed E-state index contributed by atoms with van der Waals surface area (Å²) < 4.78 is 9.19. The molecule has 0 aromatic heterocycles. The van der Waals surface area contributed by atoms with Crippen LogP contribution in [0.2, 0.25) is 0 Å². The summed E-state index contributed by atoms with van der Waals surface area (Å²) in [6, 6.07) is 8.35. The highest BCUT2D eigenvalue weighted by molar-refractivity contribution is 9.10. The van der Waals surface area contributed by atoms with E-state index in [1.807, 2.05) is 0 Å². The third-order valence-electron chi connectivity index (χ3n) is 2.23. The molecule has 0 saturated carbocycles. The Balaban J connectivity index is 0.000000459. The van der Waals surface area contributed by atoms with E-state index in [-0.39, 0.29) is 0 Å². The summed E-state index contributed by atoms with van der Waals surface area (Å²) in [4.78, 5) is 0. The Morgan fingerprint density at radius 3 is 2.37 bits per heavy atom. The second-order valence-electron chi connectivity index (χ2n) is 4.56. The van der Waals surface area contributed by atoms with E-state index in [0.717, 1.165) is 41.0 Å². The molecule has 0 bridgehead atoms. The van der Waals surface area contributed by atoms with Gasteiger partial charge in [0.05, 0.1) is 0 Å². The summed E-state index contributed by atoms with van der Waals surface area (Å²) in [5.74, 6) is 1.50. The number of benzene rings is 1. The average Bonchev–Trinajstić information content (AvgIpc) is 2.39. The molecule has 4 heteroatoms. The lowest BCUT2D eigenvalue weighted by atomic mass is 10.1. The van der Waals surface area contributed by atoms with Gasteiger partial charge in [0.15, 0.2) is 0 Å². The number of hydrogen-bond acceptors (Lipinski definition) is 3. The van der Waals surface area contributed by atoms with Gasteiger partial charge in [-0.15, -0.1) is 0 Å². The highest BCUT2D eigenvalue weighted by Gasteiger charge is 1.89. The first-order valence-electron chi connectivity index (χ1n) is 6.48. The van der Waals surface area contributed by atoms with E-state index < -0.39 is 0 Å². The molecule has 19 heavy (non-hydrogen) atoms. The van der Waals surface area contributed by atoms with Crippen molar-refractivity contribution < 1.29 is 4.55 Å². The summed E-state index contributed by atoms with van der Waals surface area (Å²) in [5.41, 5.74) is 6.36. The summed E-state index contributed by atoms with van der Waals surface area (Å²) in [7, 11) is 0. The molecule has 1 aromatic carbocycles. The molecule has 0 saturated heterocycles. The fourth-order valence-corrected chi connectivity index (χ4v) is 1.76. The highest BCUT2D eigenvalue weighted by Crippen LogP contribution is 2.12. The van der Waals surface area contributed by atoms with Gasteiger partial charge in [-0.05, 0) is 55.0 Å². The monoisotopic (exact) mass is 345 g/mol. The first-order valence-corrected chi connectivity index (χ1v) is 8.22. The molecular weight excluding hydrogens is 322 g/mol. The van der Waals surface area contributed by atoms with Crippen LogP contribution in [0.3, 0.4) is 0 Å². The zero-order valence-corrected chi connectivity index (χ0v) is 14.1. The molecule has 1 aromatic rings. The van der Waals surface area contributed by atoms with Crippen molar-refractivity contribution in [3.05, 3.63) is 40.4 Å². The van der Waals surface area contributed by atoms with Crippen LogP contribution in [-0.4, -0.2) is 16.9 Å². The molecule has 0 atom stereocenters. The molecule has 0 aliphatic heterocycles. The molecule has 108 valence electrons. The molecule has 1 rings (SSSR count). The van der Waals surface area contributed by atoms with Crippen LogP contribution >= 0.6 is 28.0 Å². The topological polar surface area (TPSA) is 46.2 Å². The largest absolute Gasteiger partial charge is 0.330 e. The SMILES string of the molecule is CC(C)C/C=C/c1ccc(Br)cc1.NCCCSO. The van der Waals surface area contributed by atoms with E-state index in [0.29, 0.717) is 6.54 Å². The van der Waals surface area contributed by atoms with Gasteiger partial charge in [-0.25, -0.2) is 0 Å². The van der Waals surface area contributed by atoms with Crippen molar-refractivity contribution in [3.63, 3.8) is 0 Å². The minimum absolute atomic E-state index is 0.674. The number of halogens is 1. The first-order chi connectivity index (χ1) is 9.10. The van der Waals surface area contributed by atoms with Crippen LogP contribution in [0.15, 0.2) is 34.8 Å². The van der Waals surface area contributed by atoms with Gasteiger partial charge >= 0.3 is 0 Å². The van der Waals surface area contributed by atoms with E-state index >= 15 is 0 Å². The average molecular weight is 346 g/mol. The minimum Gasteiger partial charge on any atom is -0.330 e. The van der Waals surface area contributed by atoms with Crippen molar-refractivity contribution in [2.45, 2.75) is 26.7 Å². The maximum Gasteiger partial charge on any atom is 0.0207 e. The van der Waals surface area contributed by atoms with E-state index in [4.69, 9.17) is 10.3 Å². The lowest BCUT2D eigenvalue weighted by molar-refractivity contribution is 0.660. The van der Waals surface area contributed by atoms with Crippen molar-refractivity contribution in [3.8, 4) is 0 Å². The van der Waals surface area contributed by atoms with Crippen molar-refractivity contribution in [1.29, 1.82) is 0 Å². The van der Waals surface area contributed by atoms with Gasteiger partial charge in [0.25, 0.3) is 0 Å². The Bertz CT molecular complexity index is 335. The fourth-order valence-electron chi connectivity index (χ4n) is 1.20. The minimum atomic E-state index is 0.674. The van der Waals surface area contributed by atoms with E-state index in [1.165, 1.54) is 5.56 Å². The van der Waals surface area contributed by atoms with E-state index in [9.17, 15) is 0 Å². The molecule has 2 nitrogen and oxygen atoms in total. The second kappa shape index (κ2) is 12.7. The Morgan fingerprint density at radius 2 is 1.95 bits per heavy atom. The van der Waals surface area contributed by atoms with Crippen LogP contribution < -0.4 is 5.73 Å². The lowest BCUT2D eigenvalue weighted by Crippen LogP contribution is -1.98. The summed E-state index contributed by atoms with van der Waals surface area (Å²) in [5, 5.41) is 0. The number of nitrogens with two attached hydrogens (primary N) is 1. The standard InChI is InChI=1S/C12H15Br.C3H9NOS/c1-10(2)4-3-5-11-6-8-12(13)9-7-11;4-2-1-3-6-5/h3,5-10H,4H2,1-2H3;5H,1-4H2/b5-3+;. The van der Waals surface area contributed by atoms with Crippen LogP contribution in [0.25, 0.3) is 6.08 Å². The number of rotatable bonds is 6. The Labute approximate surface area is 129 Å². The molecule has 0 radical (unpaired) electrons. The summed E-state index contributed by atoms with van der Waals surface area (Å²) >= 11 is 4.26. The smallest absolute Gasteiger partial charge is 0.0207 e. The van der Waals surface area contributed by atoms with E-state index in [2.05, 4.69) is 66.2 Å². The highest BCUT2D eigenvalue weighted by atomic mass is 79.9. The maximum absolute atomic E-state index is 8.06. The van der Waals surface area contributed by atoms with Crippen LogP contribution in [-0.2, 0) is 0 Å². The summed E-state index contributed by atoms with van der Waals surface area (Å²) in [6.07, 6.45) is 6.46. The van der Waals surface area contributed by atoms with E-state index in [1.54, 1.807) is 0 Å². The quantitative estimate of drug-likeness (QED) is 0.560. The van der Waals surface area contributed by atoms with Crippen LogP contribution in [0.1, 0.15) is 32.3 Å². The van der Waals surface area contributed by atoms with Gasteiger partial charge in [0.2, 0.25) is 0 Å². The van der Waals surface area contributed by atoms with Gasteiger partial charge in [-0.1, -0.05) is 54.1 Å². The Kier molecular flexibility index (Phi) is 12.5. The predicted octanol–water partition coefficient (Wildman–Crippen LogP) is 5.05. The van der Waals surface area contributed by atoms with Gasteiger partial charge in [-0.3, -0.25) is 0 Å². The van der Waals surface area contributed by atoms with Gasteiger partial charge in [-0.2, -0.15) is 0 Å². The molecular formula is C15H24BrNOS. The molecule has 0 spiro atoms. The molecule has 0 fully saturated rings. The first kappa shape index (κ1) is 18.7. The Hall–Kier alpha value is -0.290. The van der Waals surface area contributed by atoms with Crippen LogP contribution in [0, 0.1) is 5.92 Å². The Morgan fingerprint density at radius 1 is 1.32 bits per heavy atom. The molecule has 0 aliphatic rings. The van der Waals surface area contributed by atoms with Gasteiger partial charge in [0.1, 0.15) is 0 Å². The van der Waals surface area contributed by atoms with Crippen LogP contribution in [0.5, 0.6) is 0 Å². The van der Waals surface area contributed by atoms with Crippen molar-refractivity contribution in [2.24, 2.45) is 11.7 Å². The van der Waals surface area contributed by atoms with Crippen molar-refractivity contribution in [2.75, 3.05) is 12.3 Å². The predicted molar refractivity (Wildman–Crippen MR) is 91.4 cm³/mol. The lowest BCUT2D eigenvalue weighted by Gasteiger charge is -1.97. The molecule has 0 unspecified atom stereocenters. The summed E-state index contributed by atoms with van der Waals surface area (Å²) in [6.45, 7) is 5.13. The van der Waals surface area contributed by atoms with Gasteiger partial charge in [0, 0.05) is 10.2 Å². The maximum atomic E-state index is 8.06. The normalized spacial score (nSPS) is 10.6. The zero-order valence-electron chi connectivity index (χ0n) is 11.7. The molecule has 3 N–H and O–H groups in total. The van der Waals surface area contributed by atoms with Crippen molar-refractivity contribution >= 4 is 34.0 Å². The number of hydrogen-bond donors (Lipinski definition) is 2. The molecule has 0 amide bonds. The van der Waals surface area contributed by atoms with Gasteiger partial charge < -0.3 is 10.3 Å². The van der Waals surface area contributed by atoms with Crippen LogP contribution in [0.4, 0.5) is 0 Å². The zero-order chi connectivity index (χ0) is 14.5. The third kappa shape index (κ3) is 12.5. The van der Waals surface area contributed by atoms with Crippen molar-refractivity contribution in [1.82, 2.24) is 0 Å². The molecule has 0 aliphatic carbocycles. The fraction of sp³-hybridized carbons (Fsp3) is 0.467. The molecule has 0 heterocycles.